The largest absolute Gasteiger partial charge is 0.349 e. The first-order chi connectivity index (χ1) is 13.1. The zero-order valence-corrected chi connectivity index (χ0v) is 15.6. The van der Waals surface area contributed by atoms with Crippen molar-refractivity contribution in [2.75, 3.05) is 37.6 Å². The Kier molecular flexibility index (Phi) is 4.86. The molecule has 0 radical (unpaired) electrons. The summed E-state index contributed by atoms with van der Waals surface area (Å²) in [5.74, 6) is -0.608. The molecule has 0 bridgehead atoms. The Morgan fingerprint density at radius 1 is 1.19 bits per heavy atom. The molecule has 0 saturated carbocycles. The molecule has 2 saturated heterocycles. The molecule has 1 aromatic heterocycles. The van der Waals surface area contributed by atoms with Crippen LogP contribution in [0, 0.1) is 5.82 Å². The van der Waals surface area contributed by atoms with Gasteiger partial charge in [0, 0.05) is 38.5 Å². The fraction of sp³-hybridized carbons (Fsp3) is 0.500. The van der Waals surface area contributed by atoms with Gasteiger partial charge in [-0.05, 0) is 50.6 Å². The number of carbonyl (C=O) groups is 2. The van der Waals surface area contributed by atoms with Crippen molar-refractivity contribution in [3.8, 4) is 0 Å². The number of amides is 2. The van der Waals surface area contributed by atoms with E-state index in [-0.39, 0.29) is 17.6 Å². The molecule has 4 rings (SSSR count). The third-order valence-electron chi connectivity index (χ3n) is 5.61. The summed E-state index contributed by atoms with van der Waals surface area (Å²) in [6.45, 7) is 4.10. The fourth-order valence-electron chi connectivity index (χ4n) is 4.23. The lowest BCUT2D eigenvalue weighted by Gasteiger charge is -2.19. The predicted molar refractivity (Wildman–Crippen MR) is 102 cm³/mol. The van der Waals surface area contributed by atoms with Crippen LogP contribution in [0.3, 0.4) is 0 Å². The van der Waals surface area contributed by atoms with E-state index in [9.17, 15) is 14.0 Å². The standard InChI is InChI=1S/C20H25FN4O2/c1-23-16-7-6-14(21)13-15(16)18(25-11-4-5-17(25)26)19(23)20(27)22-8-12-24-9-2-3-10-24/h6-7,13H,2-5,8-12H2,1H3,(H,22,27). The van der Waals surface area contributed by atoms with Gasteiger partial charge in [-0.1, -0.05) is 0 Å². The van der Waals surface area contributed by atoms with Gasteiger partial charge in [0.15, 0.2) is 0 Å². The summed E-state index contributed by atoms with van der Waals surface area (Å²) in [6.07, 6.45) is 3.64. The number of hydrogen-bond acceptors (Lipinski definition) is 3. The second-order valence-corrected chi connectivity index (χ2v) is 7.37. The first-order valence-corrected chi connectivity index (χ1v) is 9.65. The molecule has 7 heteroatoms. The van der Waals surface area contributed by atoms with Gasteiger partial charge in [-0.2, -0.15) is 0 Å². The summed E-state index contributed by atoms with van der Waals surface area (Å²) in [4.78, 5) is 29.3. The average Bonchev–Trinajstić information content (AvgIpc) is 3.35. The molecule has 1 aromatic carbocycles. The van der Waals surface area contributed by atoms with Crippen LogP contribution in [0.15, 0.2) is 18.2 Å². The molecule has 0 spiro atoms. The molecule has 144 valence electrons. The number of anilines is 1. The molecular weight excluding hydrogens is 347 g/mol. The van der Waals surface area contributed by atoms with Crippen LogP contribution in [0.4, 0.5) is 10.1 Å². The Morgan fingerprint density at radius 2 is 1.96 bits per heavy atom. The number of likely N-dealkylation sites (tertiary alicyclic amines) is 1. The lowest BCUT2D eigenvalue weighted by molar-refractivity contribution is -0.117. The van der Waals surface area contributed by atoms with E-state index in [1.165, 1.54) is 25.0 Å². The molecule has 2 aromatic rings. The summed E-state index contributed by atoms with van der Waals surface area (Å²) >= 11 is 0. The van der Waals surface area contributed by atoms with Crippen LogP contribution in [0.25, 0.3) is 10.9 Å². The number of nitrogens with one attached hydrogen (secondary N) is 1. The first kappa shape index (κ1) is 18.0. The summed E-state index contributed by atoms with van der Waals surface area (Å²) in [5, 5.41) is 3.60. The predicted octanol–water partition coefficient (Wildman–Crippen LogP) is 2.27. The first-order valence-electron chi connectivity index (χ1n) is 9.65. The summed E-state index contributed by atoms with van der Waals surface area (Å²) in [6, 6.07) is 4.46. The summed E-state index contributed by atoms with van der Waals surface area (Å²) in [5.41, 5.74) is 1.70. The van der Waals surface area contributed by atoms with Crippen LogP contribution >= 0.6 is 0 Å². The number of nitrogens with zero attached hydrogens (tertiary/aromatic N) is 3. The SMILES string of the molecule is Cn1c(C(=O)NCCN2CCCC2)c(N2CCCC2=O)c2cc(F)ccc21. The van der Waals surface area contributed by atoms with Gasteiger partial charge in [0.2, 0.25) is 5.91 Å². The molecule has 3 heterocycles. The highest BCUT2D eigenvalue weighted by atomic mass is 19.1. The van der Waals surface area contributed by atoms with E-state index in [0.29, 0.717) is 36.3 Å². The third kappa shape index (κ3) is 3.32. The number of rotatable bonds is 5. The Morgan fingerprint density at radius 3 is 2.67 bits per heavy atom. The second kappa shape index (κ2) is 7.31. The van der Waals surface area contributed by atoms with Crippen LogP contribution in [0.2, 0.25) is 0 Å². The van der Waals surface area contributed by atoms with Crippen molar-refractivity contribution in [2.45, 2.75) is 25.7 Å². The number of hydrogen-bond donors (Lipinski definition) is 1. The number of aryl methyl sites for hydroxylation is 1. The summed E-state index contributed by atoms with van der Waals surface area (Å²) < 4.78 is 15.7. The average molecular weight is 372 g/mol. The lowest BCUT2D eigenvalue weighted by Crippen LogP contribution is -2.35. The van der Waals surface area contributed by atoms with Crippen molar-refractivity contribution in [2.24, 2.45) is 7.05 Å². The number of fused-ring (bicyclic) bond motifs is 1. The smallest absolute Gasteiger partial charge is 0.270 e. The molecule has 27 heavy (non-hydrogen) atoms. The highest BCUT2D eigenvalue weighted by molar-refractivity contribution is 6.14. The highest BCUT2D eigenvalue weighted by Crippen LogP contribution is 2.36. The van der Waals surface area contributed by atoms with E-state index in [1.54, 1.807) is 22.6 Å². The second-order valence-electron chi connectivity index (χ2n) is 7.37. The van der Waals surface area contributed by atoms with Gasteiger partial charge in [0.25, 0.3) is 5.91 Å². The van der Waals surface area contributed by atoms with E-state index in [2.05, 4.69) is 10.2 Å². The van der Waals surface area contributed by atoms with Crippen molar-refractivity contribution < 1.29 is 14.0 Å². The van der Waals surface area contributed by atoms with Gasteiger partial charge in [0.1, 0.15) is 11.5 Å². The Bertz CT molecular complexity index is 886. The quantitative estimate of drug-likeness (QED) is 0.876. The number of aromatic nitrogens is 1. The Balaban J connectivity index is 1.66. The lowest BCUT2D eigenvalue weighted by atomic mass is 10.2. The molecule has 2 fully saturated rings. The van der Waals surface area contributed by atoms with Crippen LogP contribution < -0.4 is 10.2 Å². The van der Waals surface area contributed by atoms with E-state index < -0.39 is 0 Å². The molecule has 1 N–H and O–H groups in total. The van der Waals surface area contributed by atoms with E-state index in [1.807, 2.05) is 0 Å². The summed E-state index contributed by atoms with van der Waals surface area (Å²) in [7, 11) is 1.79. The van der Waals surface area contributed by atoms with Gasteiger partial charge < -0.3 is 19.7 Å². The molecule has 2 aliphatic rings. The van der Waals surface area contributed by atoms with Gasteiger partial charge in [0.05, 0.1) is 11.2 Å². The minimum absolute atomic E-state index is 0.0159. The molecular formula is C20H25FN4O2. The third-order valence-corrected chi connectivity index (χ3v) is 5.61. The van der Waals surface area contributed by atoms with Gasteiger partial charge in [-0.15, -0.1) is 0 Å². The normalized spacial score (nSPS) is 18.0. The number of carbonyl (C=O) groups excluding carboxylic acids is 2. The molecule has 2 aliphatic heterocycles. The van der Waals surface area contributed by atoms with Crippen molar-refractivity contribution in [1.29, 1.82) is 0 Å². The van der Waals surface area contributed by atoms with Crippen molar-refractivity contribution in [1.82, 2.24) is 14.8 Å². The van der Waals surface area contributed by atoms with Gasteiger partial charge in [-0.3, -0.25) is 9.59 Å². The van der Waals surface area contributed by atoms with E-state index in [0.717, 1.165) is 31.6 Å². The molecule has 0 aliphatic carbocycles. The topological polar surface area (TPSA) is 57.6 Å². The number of halogens is 1. The monoisotopic (exact) mass is 372 g/mol. The van der Waals surface area contributed by atoms with Gasteiger partial charge in [-0.25, -0.2) is 4.39 Å². The highest BCUT2D eigenvalue weighted by Gasteiger charge is 2.31. The van der Waals surface area contributed by atoms with Crippen LogP contribution in [-0.2, 0) is 11.8 Å². The maximum atomic E-state index is 13.9. The molecule has 6 nitrogen and oxygen atoms in total. The number of benzene rings is 1. The zero-order chi connectivity index (χ0) is 19.0. The fourth-order valence-corrected chi connectivity index (χ4v) is 4.23. The van der Waals surface area contributed by atoms with Gasteiger partial charge >= 0.3 is 0 Å². The zero-order valence-electron chi connectivity index (χ0n) is 15.6. The van der Waals surface area contributed by atoms with Crippen molar-refractivity contribution in [3.05, 3.63) is 29.7 Å². The maximum absolute atomic E-state index is 13.9. The minimum atomic E-state index is -0.373. The van der Waals surface area contributed by atoms with E-state index in [4.69, 9.17) is 0 Å². The Hall–Kier alpha value is -2.41. The van der Waals surface area contributed by atoms with Crippen LogP contribution in [0.5, 0.6) is 0 Å². The molecule has 2 amide bonds. The minimum Gasteiger partial charge on any atom is -0.349 e. The molecule has 0 atom stereocenters. The van der Waals surface area contributed by atoms with E-state index >= 15 is 0 Å². The van der Waals surface area contributed by atoms with Crippen LogP contribution in [0.1, 0.15) is 36.2 Å². The molecule has 0 unspecified atom stereocenters. The maximum Gasteiger partial charge on any atom is 0.270 e. The van der Waals surface area contributed by atoms with Crippen molar-refractivity contribution in [3.63, 3.8) is 0 Å². The van der Waals surface area contributed by atoms with Crippen molar-refractivity contribution >= 4 is 28.4 Å². The van der Waals surface area contributed by atoms with Crippen LogP contribution in [-0.4, -0.2) is 54.0 Å². The Labute approximate surface area is 157 Å².